The van der Waals surface area contributed by atoms with Gasteiger partial charge in [-0.25, -0.2) is 4.79 Å². The van der Waals surface area contributed by atoms with E-state index in [1.54, 1.807) is 24.3 Å². The van der Waals surface area contributed by atoms with E-state index < -0.39 is 11.9 Å². The van der Waals surface area contributed by atoms with Gasteiger partial charge < -0.3 is 10.4 Å². The molecule has 0 fully saturated rings. The number of aromatic nitrogens is 1. The topological polar surface area (TPSA) is 79.3 Å². The van der Waals surface area contributed by atoms with Crippen LogP contribution in [0.5, 0.6) is 0 Å². The van der Waals surface area contributed by atoms with Crippen LogP contribution in [-0.4, -0.2) is 22.0 Å². The number of rotatable bonds is 3. The van der Waals surface area contributed by atoms with Crippen LogP contribution in [0.4, 0.5) is 5.69 Å². The van der Waals surface area contributed by atoms with Crippen molar-refractivity contribution >= 4 is 33.5 Å². The number of nitrogens with one attached hydrogen (secondary N) is 1. The molecule has 5 nitrogen and oxygen atoms in total. The molecule has 2 aromatic rings. The molecule has 0 atom stereocenters. The number of nitrogens with zero attached hydrogens (tertiary/aromatic N) is 1. The predicted octanol–water partition coefficient (Wildman–Crippen LogP) is 2.79. The lowest BCUT2D eigenvalue weighted by molar-refractivity contribution is 0.0692. The Bertz CT molecular complexity index is 626. The lowest BCUT2D eigenvalue weighted by Crippen LogP contribution is -2.16. The molecule has 0 aliphatic heterocycles. The molecule has 0 saturated carbocycles. The van der Waals surface area contributed by atoms with Crippen LogP contribution in [0, 0.1) is 0 Å². The SMILES string of the molecule is O=C(O)c1cnccc1C(=O)Nc1ccc(Br)cc1. The first-order valence-corrected chi connectivity index (χ1v) is 6.11. The van der Waals surface area contributed by atoms with E-state index in [9.17, 15) is 9.59 Å². The summed E-state index contributed by atoms with van der Waals surface area (Å²) in [6.45, 7) is 0. The molecule has 1 amide bonds. The second-order valence-electron chi connectivity index (χ2n) is 3.69. The Hall–Kier alpha value is -2.21. The van der Waals surface area contributed by atoms with Gasteiger partial charge in [-0.3, -0.25) is 9.78 Å². The summed E-state index contributed by atoms with van der Waals surface area (Å²) in [4.78, 5) is 26.7. The van der Waals surface area contributed by atoms with Gasteiger partial charge in [-0.15, -0.1) is 0 Å². The van der Waals surface area contributed by atoms with Crippen molar-refractivity contribution in [2.24, 2.45) is 0 Å². The molecule has 2 N–H and O–H groups in total. The number of carboxylic acids is 1. The average molecular weight is 321 g/mol. The largest absolute Gasteiger partial charge is 0.478 e. The number of amides is 1. The van der Waals surface area contributed by atoms with Crippen molar-refractivity contribution in [3.05, 3.63) is 58.3 Å². The van der Waals surface area contributed by atoms with Gasteiger partial charge >= 0.3 is 5.97 Å². The van der Waals surface area contributed by atoms with Crippen molar-refractivity contribution in [2.75, 3.05) is 5.32 Å². The monoisotopic (exact) mass is 320 g/mol. The van der Waals surface area contributed by atoms with E-state index in [0.717, 1.165) is 10.7 Å². The van der Waals surface area contributed by atoms with Gasteiger partial charge in [0.25, 0.3) is 5.91 Å². The Kier molecular flexibility index (Phi) is 3.91. The fourth-order valence-electron chi connectivity index (χ4n) is 1.49. The maximum Gasteiger partial charge on any atom is 0.338 e. The number of carbonyl (C=O) groups is 2. The highest BCUT2D eigenvalue weighted by Gasteiger charge is 2.16. The summed E-state index contributed by atoms with van der Waals surface area (Å²) in [5, 5.41) is 11.6. The zero-order chi connectivity index (χ0) is 13.8. The summed E-state index contributed by atoms with van der Waals surface area (Å²) < 4.78 is 0.889. The Labute approximate surface area is 117 Å². The standard InChI is InChI=1S/C13H9BrN2O3/c14-8-1-3-9(4-2-8)16-12(17)10-5-6-15-7-11(10)13(18)19/h1-7H,(H,16,17)(H,18,19). The summed E-state index contributed by atoms with van der Waals surface area (Å²) in [6, 6.07) is 8.35. The summed E-state index contributed by atoms with van der Waals surface area (Å²) in [6.07, 6.45) is 2.53. The third-order valence-electron chi connectivity index (χ3n) is 2.40. The van der Waals surface area contributed by atoms with Gasteiger partial charge in [-0.1, -0.05) is 15.9 Å². The van der Waals surface area contributed by atoms with Crippen LogP contribution in [0.2, 0.25) is 0 Å². The normalized spacial score (nSPS) is 9.95. The minimum atomic E-state index is -1.19. The minimum absolute atomic E-state index is 0.0745. The molecule has 1 aromatic carbocycles. The highest BCUT2D eigenvalue weighted by molar-refractivity contribution is 9.10. The second kappa shape index (κ2) is 5.62. The number of hydrogen-bond acceptors (Lipinski definition) is 3. The first kappa shape index (κ1) is 13.2. The van der Waals surface area contributed by atoms with E-state index in [0.29, 0.717) is 5.69 Å². The summed E-state index contributed by atoms with van der Waals surface area (Å²) in [7, 11) is 0. The molecule has 2 rings (SSSR count). The van der Waals surface area contributed by atoms with Gasteiger partial charge in [0.15, 0.2) is 0 Å². The molecule has 6 heteroatoms. The van der Waals surface area contributed by atoms with E-state index in [1.165, 1.54) is 12.3 Å². The highest BCUT2D eigenvalue weighted by Crippen LogP contribution is 2.16. The van der Waals surface area contributed by atoms with Crippen molar-refractivity contribution in [3.8, 4) is 0 Å². The van der Waals surface area contributed by atoms with E-state index in [1.807, 2.05) is 0 Å². The van der Waals surface area contributed by atoms with Gasteiger partial charge in [-0.2, -0.15) is 0 Å². The molecule has 0 unspecified atom stereocenters. The summed E-state index contributed by atoms with van der Waals surface area (Å²) in [5.41, 5.74) is 0.531. The van der Waals surface area contributed by atoms with E-state index in [2.05, 4.69) is 26.2 Å². The number of aromatic carboxylic acids is 1. The van der Waals surface area contributed by atoms with Crippen molar-refractivity contribution in [1.29, 1.82) is 0 Å². The lowest BCUT2D eigenvalue weighted by atomic mass is 10.1. The predicted molar refractivity (Wildman–Crippen MR) is 73.3 cm³/mol. The van der Waals surface area contributed by atoms with Gasteiger partial charge in [-0.05, 0) is 30.3 Å². The molecule has 0 bridgehead atoms. The smallest absolute Gasteiger partial charge is 0.338 e. The first-order valence-electron chi connectivity index (χ1n) is 5.32. The second-order valence-corrected chi connectivity index (χ2v) is 4.60. The highest BCUT2D eigenvalue weighted by atomic mass is 79.9. The Morgan fingerprint density at radius 3 is 2.42 bits per heavy atom. The van der Waals surface area contributed by atoms with Crippen molar-refractivity contribution in [3.63, 3.8) is 0 Å². The number of hydrogen-bond donors (Lipinski definition) is 2. The first-order chi connectivity index (χ1) is 9.08. The molecule has 1 heterocycles. The molecule has 1 aromatic heterocycles. The average Bonchev–Trinajstić information content (AvgIpc) is 2.41. The van der Waals surface area contributed by atoms with Crippen molar-refractivity contribution in [1.82, 2.24) is 4.98 Å². The number of halogens is 1. The number of carbonyl (C=O) groups excluding carboxylic acids is 1. The number of carboxylic acid groups (broad SMARTS) is 1. The fraction of sp³-hybridized carbons (Fsp3) is 0. The molecule has 0 spiro atoms. The summed E-state index contributed by atoms with van der Waals surface area (Å²) in [5.74, 6) is -1.67. The van der Waals surface area contributed by atoms with Crippen LogP contribution in [-0.2, 0) is 0 Å². The van der Waals surface area contributed by atoms with E-state index in [-0.39, 0.29) is 11.1 Å². The third kappa shape index (κ3) is 3.17. The Morgan fingerprint density at radius 2 is 1.79 bits per heavy atom. The lowest BCUT2D eigenvalue weighted by Gasteiger charge is -2.07. The van der Waals surface area contributed by atoms with Gasteiger partial charge in [0, 0.05) is 22.6 Å². The zero-order valence-electron chi connectivity index (χ0n) is 9.63. The minimum Gasteiger partial charge on any atom is -0.478 e. The molecule has 96 valence electrons. The van der Waals surface area contributed by atoms with Crippen LogP contribution >= 0.6 is 15.9 Å². The number of anilines is 1. The molecular formula is C13H9BrN2O3. The maximum absolute atomic E-state index is 12.0. The van der Waals surface area contributed by atoms with Crippen LogP contribution < -0.4 is 5.32 Å². The quantitative estimate of drug-likeness (QED) is 0.911. The van der Waals surface area contributed by atoms with Crippen LogP contribution in [0.25, 0.3) is 0 Å². The molecule has 0 saturated heterocycles. The third-order valence-corrected chi connectivity index (χ3v) is 2.93. The Morgan fingerprint density at radius 1 is 1.11 bits per heavy atom. The van der Waals surface area contributed by atoms with Crippen LogP contribution in [0.1, 0.15) is 20.7 Å². The van der Waals surface area contributed by atoms with Gasteiger partial charge in [0.05, 0.1) is 11.1 Å². The van der Waals surface area contributed by atoms with E-state index >= 15 is 0 Å². The molecular weight excluding hydrogens is 312 g/mol. The number of benzene rings is 1. The van der Waals surface area contributed by atoms with Crippen LogP contribution in [0.15, 0.2) is 47.2 Å². The Balaban J connectivity index is 2.25. The number of pyridine rings is 1. The van der Waals surface area contributed by atoms with Crippen molar-refractivity contribution < 1.29 is 14.7 Å². The van der Waals surface area contributed by atoms with Crippen molar-refractivity contribution in [2.45, 2.75) is 0 Å². The summed E-state index contributed by atoms with van der Waals surface area (Å²) >= 11 is 3.29. The van der Waals surface area contributed by atoms with Gasteiger partial charge in [0.2, 0.25) is 0 Å². The van der Waals surface area contributed by atoms with E-state index in [4.69, 9.17) is 5.11 Å². The molecule has 0 radical (unpaired) electrons. The molecule has 19 heavy (non-hydrogen) atoms. The van der Waals surface area contributed by atoms with Crippen LogP contribution in [0.3, 0.4) is 0 Å². The fourth-order valence-corrected chi connectivity index (χ4v) is 1.76. The molecule has 0 aliphatic carbocycles. The zero-order valence-corrected chi connectivity index (χ0v) is 11.2. The van der Waals surface area contributed by atoms with Gasteiger partial charge in [0.1, 0.15) is 0 Å². The maximum atomic E-state index is 12.0. The molecule has 0 aliphatic rings.